The second-order valence-electron chi connectivity index (χ2n) is 7.44. The van der Waals surface area contributed by atoms with Crippen LogP contribution in [0.4, 0.5) is 0 Å². The van der Waals surface area contributed by atoms with Crippen LogP contribution < -0.4 is 0 Å². The molecule has 2 aromatic rings. The smallest absolute Gasteiger partial charge is 0.312 e. The van der Waals surface area contributed by atoms with Crippen LogP contribution in [-0.4, -0.2) is 38.5 Å². The summed E-state index contributed by atoms with van der Waals surface area (Å²) < 4.78 is 1.71. The van der Waals surface area contributed by atoms with E-state index in [1.54, 1.807) is 23.9 Å². The molecule has 26 heavy (non-hydrogen) atoms. The van der Waals surface area contributed by atoms with Crippen molar-refractivity contribution in [1.82, 2.24) is 9.47 Å². The molecule has 136 valence electrons. The Balaban J connectivity index is 1.68. The number of nitrogens with zero attached hydrogens (tertiary/aromatic N) is 2. The van der Waals surface area contributed by atoms with Crippen molar-refractivity contribution in [2.24, 2.45) is 12.5 Å². The number of carbonyl (C=O) groups excluding carboxylic acids is 1. The number of aromatic nitrogens is 1. The average molecular weight is 373 g/mol. The van der Waals surface area contributed by atoms with Gasteiger partial charge in [-0.15, -0.1) is 0 Å². The van der Waals surface area contributed by atoms with Gasteiger partial charge < -0.3 is 14.6 Å². The number of benzene rings is 1. The molecule has 3 atom stereocenters. The van der Waals surface area contributed by atoms with Crippen molar-refractivity contribution in [2.75, 3.05) is 0 Å². The minimum Gasteiger partial charge on any atom is -0.481 e. The van der Waals surface area contributed by atoms with Crippen molar-refractivity contribution < 1.29 is 14.7 Å². The molecule has 5 nitrogen and oxygen atoms in total. The van der Waals surface area contributed by atoms with Crippen molar-refractivity contribution in [2.45, 2.75) is 37.8 Å². The molecule has 0 spiro atoms. The molecule has 6 heteroatoms. The summed E-state index contributed by atoms with van der Waals surface area (Å²) in [7, 11) is 1.78. The van der Waals surface area contributed by atoms with Crippen molar-refractivity contribution in [1.29, 1.82) is 0 Å². The first-order valence-electron chi connectivity index (χ1n) is 8.84. The van der Waals surface area contributed by atoms with E-state index in [1.807, 2.05) is 35.2 Å². The Labute approximate surface area is 157 Å². The summed E-state index contributed by atoms with van der Waals surface area (Å²) >= 11 is 6.03. The van der Waals surface area contributed by atoms with E-state index in [-0.39, 0.29) is 18.0 Å². The highest BCUT2D eigenvalue weighted by atomic mass is 35.5. The highest BCUT2D eigenvalue weighted by Gasteiger charge is 2.61. The van der Waals surface area contributed by atoms with Crippen LogP contribution in [0.2, 0.25) is 5.02 Å². The molecule has 2 aliphatic heterocycles. The largest absolute Gasteiger partial charge is 0.481 e. The zero-order valence-corrected chi connectivity index (χ0v) is 15.3. The van der Waals surface area contributed by atoms with Gasteiger partial charge in [0, 0.05) is 25.3 Å². The van der Waals surface area contributed by atoms with E-state index in [0.29, 0.717) is 23.6 Å². The SMILES string of the molecule is Cn1cc(Cl)cc1C(=O)N1[C@H]2CC[C@@H]1[C@](Cc1ccccc1)(C(=O)O)C2. The number of fused-ring (bicyclic) bond motifs is 2. The summed E-state index contributed by atoms with van der Waals surface area (Å²) in [6, 6.07) is 11.0. The first-order chi connectivity index (χ1) is 12.4. The summed E-state index contributed by atoms with van der Waals surface area (Å²) in [5.41, 5.74) is 0.582. The summed E-state index contributed by atoms with van der Waals surface area (Å²) in [5.74, 6) is -0.931. The lowest BCUT2D eigenvalue weighted by Crippen LogP contribution is -2.46. The van der Waals surface area contributed by atoms with Crippen molar-refractivity contribution >= 4 is 23.5 Å². The normalized spacial score (nSPS) is 27.1. The number of rotatable bonds is 4. The van der Waals surface area contributed by atoms with Crippen molar-refractivity contribution in [3.05, 3.63) is 58.9 Å². The van der Waals surface area contributed by atoms with Crippen LogP contribution in [0.1, 0.15) is 35.3 Å². The van der Waals surface area contributed by atoms with Gasteiger partial charge in [-0.3, -0.25) is 9.59 Å². The van der Waals surface area contributed by atoms with Gasteiger partial charge >= 0.3 is 5.97 Å². The molecule has 0 unspecified atom stereocenters. The minimum atomic E-state index is -0.922. The first kappa shape index (κ1) is 17.2. The monoisotopic (exact) mass is 372 g/mol. The van der Waals surface area contributed by atoms with Crippen LogP contribution in [0.5, 0.6) is 0 Å². The van der Waals surface area contributed by atoms with Crippen molar-refractivity contribution in [3.8, 4) is 0 Å². The Morgan fingerprint density at radius 1 is 1.27 bits per heavy atom. The third-order valence-corrected chi connectivity index (χ3v) is 6.16. The Morgan fingerprint density at radius 2 is 2.00 bits per heavy atom. The number of carboxylic acids is 1. The topological polar surface area (TPSA) is 62.5 Å². The maximum Gasteiger partial charge on any atom is 0.312 e. The van der Waals surface area contributed by atoms with Crippen LogP contribution in [0.25, 0.3) is 0 Å². The number of carbonyl (C=O) groups is 2. The Kier molecular flexibility index (Phi) is 4.07. The fourth-order valence-corrected chi connectivity index (χ4v) is 5.06. The Bertz CT molecular complexity index is 863. The van der Waals surface area contributed by atoms with Gasteiger partial charge in [-0.2, -0.15) is 0 Å². The second-order valence-corrected chi connectivity index (χ2v) is 7.88. The van der Waals surface area contributed by atoms with Crippen LogP contribution >= 0.6 is 11.6 Å². The molecule has 0 saturated carbocycles. The van der Waals surface area contributed by atoms with Gasteiger partial charge in [0.15, 0.2) is 0 Å². The third kappa shape index (κ3) is 2.53. The van der Waals surface area contributed by atoms with Gasteiger partial charge in [0.25, 0.3) is 5.91 Å². The molecular weight excluding hydrogens is 352 g/mol. The molecule has 2 fully saturated rings. The van der Waals surface area contributed by atoms with E-state index in [4.69, 9.17) is 11.6 Å². The van der Waals surface area contributed by atoms with Gasteiger partial charge in [0.05, 0.1) is 10.4 Å². The van der Waals surface area contributed by atoms with E-state index in [1.165, 1.54) is 0 Å². The van der Waals surface area contributed by atoms with Crippen LogP contribution in [0.15, 0.2) is 42.6 Å². The first-order valence-corrected chi connectivity index (χ1v) is 9.22. The number of amides is 1. The highest BCUT2D eigenvalue weighted by Crippen LogP contribution is 2.52. The number of hydrogen-bond acceptors (Lipinski definition) is 2. The maximum absolute atomic E-state index is 13.2. The predicted octanol–water partition coefficient (Wildman–Crippen LogP) is 3.37. The molecule has 0 radical (unpaired) electrons. The fourth-order valence-electron chi connectivity index (χ4n) is 4.81. The maximum atomic E-state index is 13.2. The van der Waals surface area contributed by atoms with Gasteiger partial charge in [0.1, 0.15) is 5.69 Å². The third-order valence-electron chi connectivity index (χ3n) is 5.95. The molecule has 0 aliphatic carbocycles. The Morgan fingerprint density at radius 3 is 2.62 bits per heavy atom. The quantitative estimate of drug-likeness (QED) is 0.895. The number of hydrogen-bond donors (Lipinski definition) is 1. The lowest BCUT2D eigenvalue weighted by atomic mass is 9.70. The molecule has 4 rings (SSSR count). The lowest BCUT2D eigenvalue weighted by Gasteiger charge is -2.33. The second kappa shape index (κ2) is 6.16. The number of carboxylic acid groups (broad SMARTS) is 1. The summed E-state index contributed by atoms with van der Waals surface area (Å²) in [5, 5.41) is 10.6. The molecule has 2 bridgehead atoms. The number of aryl methyl sites for hydroxylation is 1. The summed E-state index contributed by atoms with van der Waals surface area (Å²) in [4.78, 5) is 27.3. The van der Waals surface area contributed by atoms with E-state index in [2.05, 4.69) is 0 Å². The molecule has 2 aliphatic rings. The van der Waals surface area contributed by atoms with Crippen LogP contribution in [-0.2, 0) is 18.3 Å². The van der Waals surface area contributed by atoms with E-state index < -0.39 is 11.4 Å². The lowest BCUT2D eigenvalue weighted by molar-refractivity contribution is -0.150. The van der Waals surface area contributed by atoms with E-state index in [0.717, 1.165) is 18.4 Å². The molecule has 1 aromatic carbocycles. The average Bonchev–Trinajstić information content (AvgIpc) is 3.26. The molecule has 1 aromatic heterocycles. The van der Waals surface area contributed by atoms with E-state index >= 15 is 0 Å². The van der Waals surface area contributed by atoms with Gasteiger partial charge in [-0.05, 0) is 37.3 Å². The van der Waals surface area contributed by atoms with Crippen LogP contribution in [0.3, 0.4) is 0 Å². The highest BCUT2D eigenvalue weighted by molar-refractivity contribution is 6.31. The van der Waals surface area contributed by atoms with Crippen LogP contribution in [0, 0.1) is 5.41 Å². The standard InChI is InChI=1S/C20H21ClN2O3/c1-22-12-14(21)9-16(22)18(24)23-15-7-8-17(23)20(11-15,19(25)26)10-13-5-3-2-4-6-13/h2-6,9,12,15,17H,7-8,10-11H2,1H3,(H,25,26)/t15-,17+,20+/m0/s1. The molecule has 3 heterocycles. The Hall–Kier alpha value is -2.27. The number of aliphatic carboxylic acids is 1. The molecule has 2 saturated heterocycles. The van der Waals surface area contributed by atoms with Gasteiger partial charge in [-0.25, -0.2) is 0 Å². The molecule has 1 N–H and O–H groups in total. The van der Waals surface area contributed by atoms with E-state index in [9.17, 15) is 14.7 Å². The summed E-state index contributed by atoms with van der Waals surface area (Å²) in [6.07, 6.45) is 4.24. The summed E-state index contributed by atoms with van der Waals surface area (Å²) in [6.45, 7) is 0. The number of halogens is 1. The zero-order valence-electron chi connectivity index (χ0n) is 14.6. The van der Waals surface area contributed by atoms with Gasteiger partial charge in [0.2, 0.25) is 0 Å². The molecular formula is C20H21ClN2O3. The zero-order chi connectivity index (χ0) is 18.5. The predicted molar refractivity (Wildman–Crippen MR) is 98.2 cm³/mol. The molecule has 1 amide bonds. The van der Waals surface area contributed by atoms with Crippen molar-refractivity contribution in [3.63, 3.8) is 0 Å². The van der Waals surface area contributed by atoms with Gasteiger partial charge in [-0.1, -0.05) is 41.9 Å². The fraction of sp³-hybridized carbons (Fsp3) is 0.400. The minimum absolute atomic E-state index is 0.0269.